The van der Waals surface area contributed by atoms with Crippen LogP contribution in [0.2, 0.25) is 5.02 Å². The van der Waals surface area contributed by atoms with Crippen LogP contribution in [0.1, 0.15) is 53.3 Å². The molecule has 0 spiro atoms. The van der Waals surface area contributed by atoms with Crippen molar-refractivity contribution in [2.24, 2.45) is 4.99 Å². The van der Waals surface area contributed by atoms with Crippen molar-refractivity contribution < 1.29 is 21.6 Å². The smallest absolute Gasteiger partial charge is 0.326 e. The number of pyridine rings is 1. The van der Waals surface area contributed by atoms with Gasteiger partial charge in [0.05, 0.1) is 10.9 Å². The first kappa shape index (κ1) is 28.2. The summed E-state index contributed by atoms with van der Waals surface area (Å²) in [5, 5.41) is 6.00. The summed E-state index contributed by atoms with van der Waals surface area (Å²) in [7, 11) is -3.72. The van der Waals surface area contributed by atoms with Crippen LogP contribution in [0.15, 0.2) is 77.1 Å². The molecule has 1 aromatic carbocycles. The lowest BCUT2D eigenvalue weighted by atomic mass is 9.92. The van der Waals surface area contributed by atoms with Gasteiger partial charge in [-0.3, -0.25) is 9.98 Å². The fourth-order valence-corrected chi connectivity index (χ4v) is 8.51. The van der Waals surface area contributed by atoms with E-state index >= 15 is 0 Å². The number of aliphatic imine (C=N–C) groups is 1. The Kier molecular flexibility index (Phi) is 7.11. The summed E-state index contributed by atoms with van der Waals surface area (Å²) in [5.74, 6) is -0.244. The molecular formula is C28H23ClF3N7O2S2. The predicted molar refractivity (Wildman–Crippen MR) is 156 cm³/mol. The highest BCUT2D eigenvalue weighted by atomic mass is 35.5. The largest absolute Gasteiger partial charge is 0.333 e. The fraction of sp³-hybridized carbons (Fsp3) is 0.286. The van der Waals surface area contributed by atoms with E-state index in [2.05, 4.69) is 19.8 Å². The van der Waals surface area contributed by atoms with Gasteiger partial charge in [-0.1, -0.05) is 23.7 Å². The molecule has 7 rings (SSSR count). The minimum absolute atomic E-state index is 0.108. The zero-order valence-electron chi connectivity index (χ0n) is 22.2. The third-order valence-corrected chi connectivity index (χ3v) is 10.8. The average molecular weight is 646 g/mol. The maximum atomic E-state index is 14.0. The first-order chi connectivity index (χ1) is 20.7. The number of fused-ring (bicyclic) bond motifs is 1. The number of thiazole rings is 1. The van der Waals surface area contributed by atoms with Crippen LogP contribution in [-0.2, 0) is 10.0 Å². The number of benzene rings is 1. The van der Waals surface area contributed by atoms with E-state index in [9.17, 15) is 21.6 Å². The van der Waals surface area contributed by atoms with Gasteiger partial charge in [0.15, 0.2) is 10.8 Å². The van der Waals surface area contributed by atoms with E-state index in [0.29, 0.717) is 38.8 Å². The zero-order chi connectivity index (χ0) is 29.9. The van der Waals surface area contributed by atoms with Gasteiger partial charge in [-0.15, -0.1) is 11.3 Å². The minimum Gasteiger partial charge on any atom is -0.326 e. The van der Waals surface area contributed by atoms with E-state index < -0.39 is 39.7 Å². The minimum atomic E-state index is -3.72. The van der Waals surface area contributed by atoms with Crippen molar-refractivity contribution in [1.82, 2.24) is 29.4 Å². The summed E-state index contributed by atoms with van der Waals surface area (Å²) in [6.07, 6.45) is 5.15. The quantitative estimate of drug-likeness (QED) is 0.276. The van der Waals surface area contributed by atoms with Gasteiger partial charge in [0.2, 0.25) is 10.0 Å². The highest BCUT2D eigenvalue weighted by Crippen LogP contribution is 2.48. The number of sulfonamides is 1. The van der Waals surface area contributed by atoms with Gasteiger partial charge >= 0.3 is 6.55 Å². The molecule has 0 bridgehead atoms. The van der Waals surface area contributed by atoms with Crippen molar-refractivity contribution in [2.45, 2.75) is 42.6 Å². The fourth-order valence-electron chi connectivity index (χ4n) is 5.77. The van der Waals surface area contributed by atoms with Gasteiger partial charge in [0, 0.05) is 76.4 Å². The molecule has 2 aliphatic heterocycles. The molecule has 43 heavy (non-hydrogen) atoms. The third-order valence-electron chi connectivity index (χ3n) is 7.75. The molecule has 1 N–H and O–H groups in total. The zero-order valence-corrected chi connectivity index (χ0v) is 24.6. The molecule has 9 nitrogen and oxygen atoms in total. The molecule has 5 heterocycles. The Balaban J connectivity index is 1.29. The molecule has 15 heteroatoms. The Morgan fingerprint density at radius 3 is 2.67 bits per heavy atom. The van der Waals surface area contributed by atoms with Crippen LogP contribution in [0.5, 0.6) is 0 Å². The SMILES string of the molecule is O=S(=O)(N[C@H]1CC2=C(c3ccn(C(F)F)n3)[C@H](c3ccc(F)cc3Cl)N=C(c3nccs3)N2C1)[C@H]1C[C@@H]1c1ccccn1. The second-order valence-electron chi connectivity index (χ2n) is 10.5. The molecule has 3 aromatic heterocycles. The van der Waals surface area contributed by atoms with Crippen molar-refractivity contribution in [2.75, 3.05) is 6.54 Å². The lowest BCUT2D eigenvalue weighted by Gasteiger charge is -2.32. The standard InChI is InChI=1S/C28H23ClF3N7O2S2/c29-19-11-15(30)4-5-17(19)25-24(21-6-9-39(36-21)28(31)32)22-12-16(14-38(22)26(35-25)27-34-8-10-42-27)37-43(40,41)23-13-18(23)20-3-1-2-7-33-20/h1-11,16,18,23,25,28,37H,12-14H2/t16-,18+,23-,25-/m0/s1. The summed E-state index contributed by atoms with van der Waals surface area (Å²) in [6.45, 7) is -2.63. The molecule has 1 aliphatic carbocycles. The summed E-state index contributed by atoms with van der Waals surface area (Å²) in [5.41, 5.74) is 2.54. The topological polar surface area (TPSA) is 105 Å². The molecule has 0 amide bonds. The van der Waals surface area contributed by atoms with E-state index in [1.54, 1.807) is 23.8 Å². The normalized spacial score (nSPS) is 23.6. The number of alkyl halides is 2. The molecule has 0 radical (unpaired) electrons. The lowest BCUT2D eigenvalue weighted by Crippen LogP contribution is -2.40. The molecule has 0 unspecified atom stereocenters. The van der Waals surface area contributed by atoms with Crippen LogP contribution in [0.3, 0.4) is 0 Å². The highest BCUT2D eigenvalue weighted by molar-refractivity contribution is 7.90. The third kappa shape index (κ3) is 5.26. The van der Waals surface area contributed by atoms with E-state index in [1.165, 1.54) is 41.8 Å². The van der Waals surface area contributed by atoms with Crippen LogP contribution < -0.4 is 4.72 Å². The van der Waals surface area contributed by atoms with E-state index in [1.807, 2.05) is 17.0 Å². The summed E-state index contributed by atoms with van der Waals surface area (Å²) in [4.78, 5) is 15.6. The predicted octanol–water partition coefficient (Wildman–Crippen LogP) is 5.38. The van der Waals surface area contributed by atoms with Crippen molar-refractivity contribution >= 4 is 44.4 Å². The molecular weight excluding hydrogens is 623 g/mol. The molecule has 4 atom stereocenters. The molecule has 2 fully saturated rings. The summed E-state index contributed by atoms with van der Waals surface area (Å²) < 4.78 is 71.6. The lowest BCUT2D eigenvalue weighted by molar-refractivity contribution is 0.0564. The van der Waals surface area contributed by atoms with Gasteiger partial charge in [0.25, 0.3) is 0 Å². The van der Waals surface area contributed by atoms with Crippen molar-refractivity contribution in [3.05, 3.63) is 105 Å². The van der Waals surface area contributed by atoms with Crippen molar-refractivity contribution in [1.29, 1.82) is 0 Å². The van der Waals surface area contributed by atoms with Gasteiger partial charge in [0.1, 0.15) is 11.9 Å². The van der Waals surface area contributed by atoms with Crippen LogP contribution in [0.25, 0.3) is 5.57 Å². The van der Waals surface area contributed by atoms with Crippen LogP contribution in [0.4, 0.5) is 13.2 Å². The first-order valence-corrected chi connectivity index (χ1v) is 16.2. The number of amidine groups is 1. The first-order valence-electron chi connectivity index (χ1n) is 13.4. The average Bonchev–Trinajstić information content (AvgIpc) is 3.31. The van der Waals surface area contributed by atoms with Crippen LogP contribution in [-0.4, -0.2) is 56.7 Å². The Morgan fingerprint density at radius 1 is 1.12 bits per heavy atom. The van der Waals surface area contributed by atoms with Crippen molar-refractivity contribution in [3.63, 3.8) is 0 Å². The number of rotatable bonds is 8. The van der Waals surface area contributed by atoms with Gasteiger partial charge in [-0.05, 0) is 36.8 Å². The van der Waals surface area contributed by atoms with Gasteiger partial charge in [-0.25, -0.2) is 27.2 Å². The van der Waals surface area contributed by atoms with E-state index in [4.69, 9.17) is 16.6 Å². The number of aromatic nitrogens is 4. The molecule has 222 valence electrons. The molecule has 3 aliphatic rings. The Hall–Kier alpha value is -3.59. The number of hydrogen-bond donors (Lipinski definition) is 1. The maximum absolute atomic E-state index is 14.0. The number of nitrogens with zero attached hydrogens (tertiary/aromatic N) is 6. The van der Waals surface area contributed by atoms with E-state index in [0.717, 1.165) is 5.69 Å². The summed E-state index contributed by atoms with van der Waals surface area (Å²) >= 11 is 7.86. The monoisotopic (exact) mass is 645 g/mol. The van der Waals surface area contributed by atoms with Crippen LogP contribution >= 0.6 is 22.9 Å². The highest BCUT2D eigenvalue weighted by Gasteiger charge is 2.51. The maximum Gasteiger partial charge on any atom is 0.333 e. The summed E-state index contributed by atoms with van der Waals surface area (Å²) in [6, 6.07) is 9.43. The number of hydrogen-bond acceptors (Lipinski definition) is 8. The number of nitrogens with one attached hydrogen (secondary N) is 1. The second-order valence-corrected chi connectivity index (χ2v) is 13.7. The Labute approximate surface area is 253 Å². The van der Waals surface area contributed by atoms with E-state index in [-0.39, 0.29) is 29.6 Å². The Bertz CT molecular complexity index is 1850. The Morgan fingerprint density at radius 2 is 1.98 bits per heavy atom. The molecule has 1 saturated heterocycles. The van der Waals surface area contributed by atoms with Gasteiger partial charge < -0.3 is 4.90 Å². The van der Waals surface area contributed by atoms with Crippen molar-refractivity contribution in [3.8, 4) is 0 Å². The number of halogens is 4. The van der Waals surface area contributed by atoms with Crippen LogP contribution in [0, 0.1) is 5.82 Å². The molecule has 4 aromatic rings. The van der Waals surface area contributed by atoms with Gasteiger partial charge in [-0.2, -0.15) is 13.9 Å². The molecule has 1 saturated carbocycles. The second kappa shape index (κ2) is 10.8.